The van der Waals surface area contributed by atoms with E-state index >= 15 is 0 Å². The second kappa shape index (κ2) is 4.34. The summed E-state index contributed by atoms with van der Waals surface area (Å²) in [5, 5.41) is 0. The third-order valence-electron chi connectivity index (χ3n) is 3.63. The summed E-state index contributed by atoms with van der Waals surface area (Å²) in [6, 6.07) is 9.14. The molecule has 0 amide bonds. The Morgan fingerprint density at radius 3 is 3.12 bits per heavy atom. The van der Waals surface area contributed by atoms with Crippen LogP contribution in [0.4, 0.5) is 0 Å². The number of nitrogens with two attached hydrogens (primary N) is 1. The molecule has 3 rings (SSSR count). The van der Waals surface area contributed by atoms with E-state index in [-0.39, 0.29) is 0 Å². The number of aryl methyl sites for hydroxylation is 1. The van der Waals surface area contributed by atoms with Crippen LogP contribution in [-0.4, -0.2) is 9.55 Å². The highest BCUT2D eigenvalue weighted by Crippen LogP contribution is 2.33. The lowest BCUT2D eigenvalue weighted by atomic mass is 9.87. The Bertz CT molecular complexity index is 516. The number of imidazole rings is 1. The second-order valence-corrected chi connectivity index (χ2v) is 4.60. The molecule has 0 saturated carbocycles. The number of nitrogens with zero attached hydrogens (tertiary/aromatic N) is 2. The van der Waals surface area contributed by atoms with Gasteiger partial charge in [-0.2, -0.15) is 0 Å². The van der Waals surface area contributed by atoms with Crippen LogP contribution in [0.1, 0.15) is 35.7 Å². The summed E-state index contributed by atoms with van der Waals surface area (Å²) >= 11 is 0. The maximum atomic E-state index is 5.76. The number of benzene rings is 1. The molecule has 1 aromatic heterocycles. The summed E-state index contributed by atoms with van der Waals surface area (Å²) in [7, 11) is 0. The maximum absolute atomic E-state index is 5.76. The van der Waals surface area contributed by atoms with Crippen LogP contribution in [0.15, 0.2) is 36.8 Å². The molecule has 0 aliphatic heterocycles. The Hall–Kier alpha value is -1.61. The van der Waals surface area contributed by atoms with E-state index in [1.165, 1.54) is 30.4 Å². The monoisotopic (exact) mass is 227 g/mol. The lowest BCUT2D eigenvalue weighted by molar-refractivity contribution is 0.477. The molecule has 1 aliphatic carbocycles. The molecule has 0 saturated heterocycles. The van der Waals surface area contributed by atoms with E-state index < -0.39 is 0 Å². The van der Waals surface area contributed by atoms with Gasteiger partial charge in [0.1, 0.15) is 0 Å². The van der Waals surface area contributed by atoms with E-state index in [0.29, 0.717) is 12.6 Å². The topological polar surface area (TPSA) is 43.8 Å². The molecule has 1 atom stereocenters. The van der Waals surface area contributed by atoms with Crippen LogP contribution in [0.3, 0.4) is 0 Å². The van der Waals surface area contributed by atoms with Crippen molar-refractivity contribution in [2.24, 2.45) is 5.73 Å². The quantitative estimate of drug-likeness (QED) is 0.855. The maximum Gasteiger partial charge on any atom is 0.0954 e. The fraction of sp³-hybridized carbons (Fsp3) is 0.357. The Morgan fingerprint density at radius 2 is 2.24 bits per heavy atom. The summed E-state index contributed by atoms with van der Waals surface area (Å²) in [5.41, 5.74) is 9.79. The first-order chi connectivity index (χ1) is 8.40. The molecule has 2 aromatic rings. The zero-order chi connectivity index (χ0) is 11.7. The van der Waals surface area contributed by atoms with Gasteiger partial charge >= 0.3 is 0 Å². The predicted molar refractivity (Wildman–Crippen MR) is 67.6 cm³/mol. The SMILES string of the molecule is NCc1cncn1C1CCCc2ccccc21. The van der Waals surface area contributed by atoms with E-state index in [9.17, 15) is 0 Å². The average Bonchev–Trinajstić information content (AvgIpc) is 2.86. The lowest BCUT2D eigenvalue weighted by Gasteiger charge is -2.27. The van der Waals surface area contributed by atoms with Crippen molar-refractivity contribution in [3.8, 4) is 0 Å². The molecular formula is C14H17N3. The van der Waals surface area contributed by atoms with E-state index in [2.05, 4.69) is 33.8 Å². The minimum atomic E-state index is 0.418. The summed E-state index contributed by atoms with van der Waals surface area (Å²) in [6.07, 6.45) is 7.40. The standard InChI is InChI=1S/C14H17N3/c15-8-12-9-16-10-17(12)14-7-3-5-11-4-1-2-6-13(11)14/h1-2,4,6,9-10,14H,3,5,7-8,15H2. The number of rotatable bonds is 2. The molecule has 0 spiro atoms. The third-order valence-corrected chi connectivity index (χ3v) is 3.63. The average molecular weight is 227 g/mol. The van der Waals surface area contributed by atoms with E-state index in [1.54, 1.807) is 0 Å². The highest BCUT2D eigenvalue weighted by atomic mass is 15.1. The van der Waals surface area contributed by atoms with E-state index in [4.69, 9.17) is 5.73 Å². The Kier molecular flexibility index (Phi) is 2.69. The predicted octanol–water partition coefficient (Wildman–Crippen LogP) is 2.27. The summed E-state index contributed by atoms with van der Waals surface area (Å²) in [5.74, 6) is 0. The molecule has 2 N–H and O–H groups in total. The van der Waals surface area contributed by atoms with Gasteiger partial charge in [-0.1, -0.05) is 24.3 Å². The Labute approximate surface area is 101 Å². The van der Waals surface area contributed by atoms with Gasteiger partial charge in [0.2, 0.25) is 0 Å². The number of aromatic nitrogens is 2. The van der Waals surface area contributed by atoms with Crippen LogP contribution >= 0.6 is 0 Å². The van der Waals surface area contributed by atoms with Crippen molar-refractivity contribution in [1.82, 2.24) is 9.55 Å². The normalized spacial score (nSPS) is 19.0. The van der Waals surface area contributed by atoms with Gasteiger partial charge in [-0.15, -0.1) is 0 Å². The van der Waals surface area contributed by atoms with Crippen molar-refractivity contribution in [3.05, 3.63) is 53.6 Å². The van der Waals surface area contributed by atoms with Gasteiger partial charge in [0, 0.05) is 12.7 Å². The second-order valence-electron chi connectivity index (χ2n) is 4.60. The fourth-order valence-corrected chi connectivity index (χ4v) is 2.79. The summed E-state index contributed by atoms with van der Waals surface area (Å²) < 4.78 is 2.23. The highest BCUT2D eigenvalue weighted by molar-refractivity contribution is 5.33. The number of hydrogen-bond donors (Lipinski definition) is 1. The Balaban J connectivity index is 2.06. The molecule has 1 heterocycles. The fourth-order valence-electron chi connectivity index (χ4n) is 2.79. The third kappa shape index (κ3) is 1.76. The number of hydrogen-bond acceptors (Lipinski definition) is 2. The first-order valence-electron chi connectivity index (χ1n) is 6.18. The van der Waals surface area contributed by atoms with Crippen molar-refractivity contribution in [2.75, 3.05) is 0 Å². The van der Waals surface area contributed by atoms with Gasteiger partial charge < -0.3 is 10.3 Å². The molecule has 0 fully saturated rings. The van der Waals surface area contributed by atoms with Crippen LogP contribution < -0.4 is 5.73 Å². The van der Waals surface area contributed by atoms with E-state index in [0.717, 1.165) is 5.69 Å². The smallest absolute Gasteiger partial charge is 0.0954 e. The van der Waals surface area contributed by atoms with Crippen molar-refractivity contribution in [3.63, 3.8) is 0 Å². The molecule has 88 valence electrons. The lowest BCUT2D eigenvalue weighted by Crippen LogP contribution is -2.19. The largest absolute Gasteiger partial charge is 0.326 e. The first kappa shape index (κ1) is 10.5. The minimum absolute atomic E-state index is 0.418. The molecular weight excluding hydrogens is 210 g/mol. The van der Waals surface area contributed by atoms with Crippen molar-refractivity contribution >= 4 is 0 Å². The molecule has 0 radical (unpaired) electrons. The van der Waals surface area contributed by atoms with Gasteiger partial charge in [0.25, 0.3) is 0 Å². The van der Waals surface area contributed by atoms with Gasteiger partial charge in [0.05, 0.1) is 18.1 Å². The number of fused-ring (bicyclic) bond motifs is 1. The molecule has 0 bridgehead atoms. The summed E-state index contributed by atoms with van der Waals surface area (Å²) in [4.78, 5) is 4.22. The van der Waals surface area contributed by atoms with Crippen molar-refractivity contribution in [2.45, 2.75) is 31.8 Å². The van der Waals surface area contributed by atoms with Crippen LogP contribution in [0, 0.1) is 0 Å². The first-order valence-corrected chi connectivity index (χ1v) is 6.18. The highest BCUT2D eigenvalue weighted by Gasteiger charge is 2.22. The van der Waals surface area contributed by atoms with Gasteiger partial charge in [-0.3, -0.25) is 0 Å². The van der Waals surface area contributed by atoms with Gasteiger partial charge in [-0.25, -0.2) is 4.98 Å². The van der Waals surface area contributed by atoms with Crippen molar-refractivity contribution < 1.29 is 0 Å². The van der Waals surface area contributed by atoms with Crippen LogP contribution in [0.2, 0.25) is 0 Å². The van der Waals surface area contributed by atoms with Crippen molar-refractivity contribution in [1.29, 1.82) is 0 Å². The molecule has 1 aliphatic rings. The molecule has 3 nitrogen and oxygen atoms in total. The molecule has 1 unspecified atom stereocenters. The van der Waals surface area contributed by atoms with Crippen LogP contribution in [0.25, 0.3) is 0 Å². The van der Waals surface area contributed by atoms with Gasteiger partial charge in [0.15, 0.2) is 0 Å². The molecule has 17 heavy (non-hydrogen) atoms. The minimum Gasteiger partial charge on any atom is -0.326 e. The van der Waals surface area contributed by atoms with E-state index in [1.807, 2.05) is 12.5 Å². The Morgan fingerprint density at radius 1 is 1.35 bits per heavy atom. The van der Waals surface area contributed by atoms with Crippen LogP contribution in [0.5, 0.6) is 0 Å². The molecule has 3 heteroatoms. The van der Waals surface area contributed by atoms with Gasteiger partial charge in [-0.05, 0) is 30.4 Å². The summed E-state index contributed by atoms with van der Waals surface area (Å²) in [6.45, 7) is 0.554. The molecule has 1 aromatic carbocycles. The zero-order valence-corrected chi connectivity index (χ0v) is 9.84. The van der Waals surface area contributed by atoms with Crippen LogP contribution in [-0.2, 0) is 13.0 Å². The zero-order valence-electron chi connectivity index (χ0n) is 9.84.